The maximum Gasteiger partial charge on any atom is 0.404 e. The number of nitrogens with zero attached hydrogens (tertiary/aromatic N) is 3. The van der Waals surface area contributed by atoms with Crippen molar-refractivity contribution >= 4 is 27.8 Å². The van der Waals surface area contributed by atoms with Crippen LogP contribution >= 0.6 is 0 Å². The van der Waals surface area contributed by atoms with Crippen LogP contribution in [0.1, 0.15) is 46.9 Å². The van der Waals surface area contributed by atoms with Crippen molar-refractivity contribution in [1.82, 2.24) is 15.3 Å². The summed E-state index contributed by atoms with van der Waals surface area (Å²) in [4.78, 5) is 33.7. The summed E-state index contributed by atoms with van der Waals surface area (Å²) in [5, 5.41) is 2.64. The van der Waals surface area contributed by atoms with Gasteiger partial charge in [0, 0.05) is 18.8 Å². The van der Waals surface area contributed by atoms with Crippen LogP contribution in [0.25, 0.3) is 0 Å². The number of amides is 2. The molecule has 40 heavy (non-hydrogen) atoms. The molecule has 212 valence electrons. The SMILES string of the molecule is CCS(=O)(=O)c1ccc([C@H](COC(N)=O)NC(=O)c2cnc(N3CC(F)(F)CC3c3cccc(F)c3)nc2)cc1. The summed E-state index contributed by atoms with van der Waals surface area (Å²) in [5.41, 5.74) is 5.82. The van der Waals surface area contributed by atoms with Crippen molar-refractivity contribution in [3.63, 3.8) is 0 Å². The molecule has 2 aromatic carbocycles. The molecule has 0 spiro atoms. The molecule has 0 saturated carbocycles. The van der Waals surface area contributed by atoms with Gasteiger partial charge in [0.2, 0.25) is 5.95 Å². The van der Waals surface area contributed by atoms with E-state index in [4.69, 9.17) is 10.5 Å². The van der Waals surface area contributed by atoms with E-state index in [2.05, 4.69) is 15.3 Å². The minimum Gasteiger partial charge on any atom is -0.447 e. The van der Waals surface area contributed by atoms with Crippen LogP contribution in [0.3, 0.4) is 0 Å². The first-order valence-electron chi connectivity index (χ1n) is 12.2. The molecule has 14 heteroatoms. The number of aromatic nitrogens is 2. The Kier molecular flexibility index (Phi) is 8.28. The lowest BCUT2D eigenvalue weighted by atomic mass is 10.0. The first-order chi connectivity index (χ1) is 18.9. The van der Waals surface area contributed by atoms with E-state index in [0.717, 1.165) is 12.4 Å². The van der Waals surface area contributed by atoms with Crippen LogP contribution in [0.2, 0.25) is 0 Å². The highest BCUT2D eigenvalue weighted by molar-refractivity contribution is 7.91. The summed E-state index contributed by atoms with van der Waals surface area (Å²) >= 11 is 0. The first-order valence-corrected chi connectivity index (χ1v) is 13.8. The van der Waals surface area contributed by atoms with Crippen LogP contribution in [-0.4, -0.2) is 55.2 Å². The van der Waals surface area contributed by atoms with Gasteiger partial charge < -0.3 is 20.7 Å². The van der Waals surface area contributed by atoms with E-state index in [9.17, 15) is 31.2 Å². The van der Waals surface area contributed by atoms with Crippen molar-refractivity contribution < 1.29 is 35.9 Å². The van der Waals surface area contributed by atoms with Crippen molar-refractivity contribution in [2.24, 2.45) is 5.73 Å². The van der Waals surface area contributed by atoms with Crippen LogP contribution < -0.4 is 16.0 Å². The standard InChI is InChI=1S/C26H26F3N5O5S/c1-2-40(37,38)20-8-6-16(7-9-20)21(14-39-24(30)36)33-23(35)18-12-31-25(32-13-18)34-15-26(28,29)11-22(34)17-4-3-5-19(27)10-17/h3-10,12-13,21-22H,2,11,14-15H2,1H3,(H2,30,36)(H,33,35)/t21-,22?/m0/s1. The van der Waals surface area contributed by atoms with Gasteiger partial charge in [-0.1, -0.05) is 31.2 Å². The molecule has 0 aliphatic carbocycles. The zero-order chi connectivity index (χ0) is 29.1. The zero-order valence-corrected chi connectivity index (χ0v) is 22.1. The molecule has 1 aromatic heterocycles. The minimum atomic E-state index is -3.45. The number of nitrogens with one attached hydrogen (secondary N) is 1. The minimum absolute atomic E-state index is 0.0220. The number of hydrogen-bond acceptors (Lipinski definition) is 8. The zero-order valence-electron chi connectivity index (χ0n) is 21.3. The third-order valence-corrected chi connectivity index (χ3v) is 8.13. The van der Waals surface area contributed by atoms with Gasteiger partial charge in [-0.25, -0.2) is 36.4 Å². The molecule has 1 aliphatic heterocycles. The number of benzene rings is 2. The maximum absolute atomic E-state index is 14.3. The number of alkyl halides is 2. The Morgan fingerprint density at radius 3 is 2.45 bits per heavy atom. The van der Waals surface area contributed by atoms with Gasteiger partial charge in [-0.3, -0.25) is 4.79 Å². The Morgan fingerprint density at radius 1 is 1.18 bits per heavy atom. The van der Waals surface area contributed by atoms with E-state index < -0.39 is 58.6 Å². The molecule has 1 aliphatic rings. The van der Waals surface area contributed by atoms with E-state index >= 15 is 0 Å². The predicted molar refractivity (Wildman–Crippen MR) is 138 cm³/mol. The fraction of sp³-hybridized carbons (Fsp3) is 0.308. The normalized spacial score (nSPS) is 17.3. The van der Waals surface area contributed by atoms with Gasteiger partial charge in [0.1, 0.15) is 12.4 Å². The third kappa shape index (κ3) is 6.68. The van der Waals surface area contributed by atoms with Gasteiger partial charge in [0.05, 0.1) is 34.8 Å². The number of carbonyl (C=O) groups excluding carboxylic acids is 2. The molecule has 1 saturated heterocycles. The molecule has 10 nitrogen and oxygen atoms in total. The molecule has 2 amide bonds. The number of nitrogens with two attached hydrogens (primary N) is 1. The second-order valence-corrected chi connectivity index (χ2v) is 11.4. The van der Waals surface area contributed by atoms with Crippen molar-refractivity contribution in [1.29, 1.82) is 0 Å². The van der Waals surface area contributed by atoms with Crippen molar-refractivity contribution in [3.05, 3.63) is 83.4 Å². The molecular weight excluding hydrogens is 551 g/mol. The molecule has 2 heterocycles. The fourth-order valence-corrected chi connectivity index (χ4v) is 5.21. The van der Waals surface area contributed by atoms with Crippen LogP contribution in [0.15, 0.2) is 65.8 Å². The molecular formula is C26H26F3N5O5S. The molecule has 4 rings (SSSR count). The Balaban J connectivity index is 1.53. The lowest BCUT2D eigenvalue weighted by Gasteiger charge is -2.24. The summed E-state index contributed by atoms with van der Waals surface area (Å²) in [5.74, 6) is -4.45. The van der Waals surface area contributed by atoms with Gasteiger partial charge in [-0.2, -0.15) is 0 Å². The van der Waals surface area contributed by atoms with E-state index in [-0.39, 0.29) is 28.8 Å². The van der Waals surface area contributed by atoms with Crippen LogP contribution in [0.5, 0.6) is 0 Å². The Labute approximate surface area is 228 Å². The lowest BCUT2D eigenvalue weighted by Crippen LogP contribution is -2.33. The van der Waals surface area contributed by atoms with Crippen LogP contribution in [-0.2, 0) is 14.6 Å². The van der Waals surface area contributed by atoms with E-state index in [1.165, 1.54) is 54.3 Å². The number of carbonyl (C=O) groups is 2. The summed E-state index contributed by atoms with van der Waals surface area (Å²) in [7, 11) is -3.45. The van der Waals surface area contributed by atoms with Crippen LogP contribution in [0, 0.1) is 5.82 Å². The number of hydrogen-bond donors (Lipinski definition) is 2. The second-order valence-electron chi connectivity index (χ2n) is 9.16. The maximum atomic E-state index is 14.3. The molecule has 0 bridgehead atoms. The van der Waals surface area contributed by atoms with Gasteiger partial charge >= 0.3 is 6.09 Å². The van der Waals surface area contributed by atoms with E-state index in [1.54, 1.807) is 6.07 Å². The summed E-state index contributed by atoms with van der Waals surface area (Å²) in [6, 6.07) is 9.27. The lowest BCUT2D eigenvalue weighted by molar-refractivity contribution is 0.0222. The van der Waals surface area contributed by atoms with Gasteiger partial charge in [-0.05, 0) is 35.4 Å². The van der Waals surface area contributed by atoms with Crippen molar-refractivity contribution in [3.8, 4) is 0 Å². The molecule has 3 N–H and O–H groups in total. The molecule has 0 radical (unpaired) electrons. The molecule has 3 aromatic rings. The first kappa shape index (κ1) is 28.8. The number of sulfone groups is 1. The average molecular weight is 578 g/mol. The number of ether oxygens (including phenoxy) is 1. The Hall–Kier alpha value is -4.20. The van der Waals surface area contributed by atoms with Crippen LogP contribution in [0.4, 0.5) is 23.9 Å². The monoisotopic (exact) mass is 577 g/mol. The highest BCUT2D eigenvalue weighted by Gasteiger charge is 2.46. The summed E-state index contributed by atoms with van der Waals surface area (Å²) in [6.45, 7) is 0.477. The largest absolute Gasteiger partial charge is 0.447 e. The number of halogens is 3. The van der Waals surface area contributed by atoms with Crippen molar-refractivity contribution in [2.45, 2.75) is 36.2 Å². The molecule has 1 unspecified atom stereocenters. The Bertz CT molecular complexity index is 1490. The Morgan fingerprint density at radius 2 is 1.85 bits per heavy atom. The summed E-state index contributed by atoms with van der Waals surface area (Å²) < 4.78 is 71.5. The second kappa shape index (κ2) is 11.5. The summed E-state index contributed by atoms with van der Waals surface area (Å²) in [6.07, 6.45) is 0.675. The highest BCUT2D eigenvalue weighted by Crippen LogP contribution is 2.42. The molecule has 1 fully saturated rings. The van der Waals surface area contributed by atoms with Gasteiger partial charge in [0.25, 0.3) is 11.8 Å². The smallest absolute Gasteiger partial charge is 0.404 e. The predicted octanol–water partition coefficient (Wildman–Crippen LogP) is 3.56. The number of primary amides is 1. The van der Waals surface area contributed by atoms with E-state index in [0.29, 0.717) is 11.1 Å². The number of rotatable bonds is 9. The highest BCUT2D eigenvalue weighted by atomic mass is 32.2. The van der Waals surface area contributed by atoms with Crippen molar-refractivity contribution in [2.75, 3.05) is 23.8 Å². The van der Waals surface area contributed by atoms with Gasteiger partial charge in [0.15, 0.2) is 9.84 Å². The van der Waals surface area contributed by atoms with E-state index in [1.807, 2.05) is 0 Å². The topological polar surface area (TPSA) is 145 Å². The third-order valence-electron chi connectivity index (χ3n) is 6.38. The number of anilines is 1. The van der Waals surface area contributed by atoms with Gasteiger partial charge in [-0.15, -0.1) is 0 Å². The quantitative estimate of drug-likeness (QED) is 0.393. The molecule has 2 atom stereocenters. The average Bonchev–Trinajstić information content (AvgIpc) is 3.26. The fourth-order valence-electron chi connectivity index (χ4n) is 4.33.